The molecule has 0 bridgehead atoms. The Kier molecular flexibility index (Phi) is 4.67. The molecule has 2 heterocycles. The molecular formula is C11H6Cl3N3O3S. The highest BCUT2D eigenvalue weighted by Crippen LogP contribution is 2.32. The first kappa shape index (κ1) is 16.0. The second-order valence-corrected chi connectivity index (χ2v) is 5.75. The normalized spacial score (nSPS) is 10.5. The number of hydrogen-bond acceptors (Lipinski definition) is 5. The van der Waals surface area contributed by atoms with E-state index in [0.29, 0.717) is 5.69 Å². The van der Waals surface area contributed by atoms with Crippen molar-refractivity contribution in [3.63, 3.8) is 0 Å². The monoisotopic (exact) mass is 365 g/mol. The summed E-state index contributed by atoms with van der Waals surface area (Å²) in [4.78, 5) is 27.0. The van der Waals surface area contributed by atoms with Crippen LogP contribution in [0.3, 0.4) is 0 Å². The summed E-state index contributed by atoms with van der Waals surface area (Å²) in [6.07, 6.45) is 1.18. The van der Waals surface area contributed by atoms with Crippen molar-refractivity contribution >= 4 is 63.2 Å². The summed E-state index contributed by atoms with van der Waals surface area (Å²) in [6, 6.07) is 0. The highest BCUT2D eigenvalue weighted by molar-refractivity contribution is 7.11. The third-order valence-electron chi connectivity index (χ3n) is 2.44. The van der Waals surface area contributed by atoms with Gasteiger partial charge < -0.3 is 10.4 Å². The van der Waals surface area contributed by atoms with E-state index >= 15 is 0 Å². The topological polar surface area (TPSA) is 92.2 Å². The summed E-state index contributed by atoms with van der Waals surface area (Å²) < 4.78 is 3.88. The lowest BCUT2D eigenvalue weighted by molar-refractivity contribution is 0.0697. The van der Waals surface area contributed by atoms with Gasteiger partial charge in [0.15, 0.2) is 0 Å². The van der Waals surface area contributed by atoms with Crippen molar-refractivity contribution in [2.24, 2.45) is 0 Å². The number of pyridine rings is 1. The number of aromatic nitrogens is 2. The standard InChI is InChI=1S/C11H6Cl3N3O3S/c1-3-5(11(19)20)10(21-17-3)16-9(18)8-7(14)6(13)4(12)2-15-8/h2H,1H3,(H,16,18)(H,19,20). The fourth-order valence-corrected chi connectivity index (χ4v) is 2.82. The molecule has 0 aliphatic rings. The second kappa shape index (κ2) is 6.15. The molecule has 0 radical (unpaired) electrons. The molecular weight excluding hydrogens is 361 g/mol. The highest BCUT2D eigenvalue weighted by atomic mass is 35.5. The largest absolute Gasteiger partial charge is 0.478 e. The van der Waals surface area contributed by atoms with Gasteiger partial charge in [-0.1, -0.05) is 34.8 Å². The van der Waals surface area contributed by atoms with E-state index in [1.165, 1.54) is 13.1 Å². The number of aromatic carboxylic acids is 1. The molecule has 0 aliphatic carbocycles. The Labute approximate surface area is 137 Å². The van der Waals surface area contributed by atoms with E-state index in [0.717, 1.165) is 11.5 Å². The number of halogens is 3. The minimum Gasteiger partial charge on any atom is -0.478 e. The summed E-state index contributed by atoms with van der Waals surface area (Å²) in [5.74, 6) is -1.89. The van der Waals surface area contributed by atoms with Gasteiger partial charge in [-0.15, -0.1) is 0 Å². The van der Waals surface area contributed by atoms with Crippen LogP contribution >= 0.6 is 46.3 Å². The molecule has 110 valence electrons. The van der Waals surface area contributed by atoms with Gasteiger partial charge in [0, 0.05) is 6.20 Å². The number of aryl methyl sites for hydroxylation is 1. The fraction of sp³-hybridized carbons (Fsp3) is 0.0909. The number of nitrogens with one attached hydrogen (secondary N) is 1. The van der Waals surface area contributed by atoms with Gasteiger partial charge in [0.05, 0.1) is 20.8 Å². The zero-order valence-corrected chi connectivity index (χ0v) is 13.4. The predicted octanol–water partition coefficient (Wildman–Crippen LogP) is 3.76. The van der Waals surface area contributed by atoms with Crippen LogP contribution in [0.4, 0.5) is 5.00 Å². The van der Waals surface area contributed by atoms with Crippen LogP contribution in [0.25, 0.3) is 0 Å². The molecule has 0 aliphatic heterocycles. The van der Waals surface area contributed by atoms with E-state index in [9.17, 15) is 9.59 Å². The quantitative estimate of drug-likeness (QED) is 0.863. The number of hydrogen-bond donors (Lipinski definition) is 2. The van der Waals surface area contributed by atoms with Crippen molar-refractivity contribution in [1.82, 2.24) is 9.36 Å². The number of carboxylic acids is 1. The lowest BCUT2D eigenvalue weighted by Gasteiger charge is -2.06. The maximum Gasteiger partial charge on any atom is 0.340 e. The average Bonchev–Trinajstić information content (AvgIpc) is 2.77. The Hall–Kier alpha value is -1.41. The molecule has 0 saturated heterocycles. The van der Waals surface area contributed by atoms with E-state index in [1.54, 1.807) is 0 Å². The van der Waals surface area contributed by atoms with Crippen LogP contribution in [-0.4, -0.2) is 26.3 Å². The molecule has 0 spiro atoms. The summed E-state index contributed by atoms with van der Waals surface area (Å²) in [5.41, 5.74) is 0.0639. The highest BCUT2D eigenvalue weighted by Gasteiger charge is 2.22. The number of nitrogens with zero attached hydrogens (tertiary/aromatic N) is 2. The Morgan fingerprint density at radius 1 is 1.29 bits per heavy atom. The maximum atomic E-state index is 12.1. The zero-order valence-electron chi connectivity index (χ0n) is 10.3. The van der Waals surface area contributed by atoms with Crippen molar-refractivity contribution in [1.29, 1.82) is 0 Å². The third-order valence-corrected chi connectivity index (χ3v) is 4.53. The smallest absolute Gasteiger partial charge is 0.340 e. The lowest BCUT2D eigenvalue weighted by Crippen LogP contribution is -2.15. The molecule has 0 aromatic carbocycles. The van der Waals surface area contributed by atoms with Gasteiger partial charge in [-0.2, -0.15) is 4.37 Å². The first-order valence-electron chi connectivity index (χ1n) is 5.33. The van der Waals surface area contributed by atoms with Crippen LogP contribution < -0.4 is 5.32 Å². The van der Waals surface area contributed by atoms with Crippen LogP contribution in [-0.2, 0) is 0 Å². The molecule has 0 unspecified atom stereocenters. The number of carbonyl (C=O) groups is 2. The lowest BCUT2D eigenvalue weighted by atomic mass is 10.2. The Morgan fingerprint density at radius 3 is 2.57 bits per heavy atom. The number of carbonyl (C=O) groups excluding carboxylic acids is 1. The van der Waals surface area contributed by atoms with Gasteiger partial charge in [0.1, 0.15) is 16.3 Å². The first-order chi connectivity index (χ1) is 9.82. The summed E-state index contributed by atoms with van der Waals surface area (Å²) in [5, 5.41) is 11.6. The second-order valence-electron chi connectivity index (χ2n) is 3.81. The van der Waals surface area contributed by atoms with Crippen LogP contribution in [0, 0.1) is 6.92 Å². The Morgan fingerprint density at radius 2 is 1.95 bits per heavy atom. The van der Waals surface area contributed by atoms with Gasteiger partial charge in [-0.3, -0.25) is 4.79 Å². The Balaban J connectivity index is 2.35. The summed E-state index contributed by atoms with van der Waals surface area (Å²) in [6.45, 7) is 1.53. The number of rotatable bonds is 3. The van der Waals surface area contributed by atoms with Crippen LogP contribution in [0.1, 0.15) is 26.5 Å². The molecule has 2 aromatic rings. The molecule has 21 heavy (non-hydrogen) atoms. The molecule has 10 heteroatoms. The van der Waals surface area contributed by atoms with Crippen molar-refractivity contribution in [3.8, 4) is 0 Å². The van der Waals surface area contributed by atoms with E-state index in [-0.39, 0.29) is 31.3 Å². The molecule has 1 amide bonds. The van der Waals surface area contributed by atoms with Crippen molar-refractivity contribution in [2.75, 3.05) is 5.32 Å². The van der Waals surface area contributed by atoms with Gasteiger partial charge in [0.25, 0.3) is 5.91 Å². The molecule has 6 nitrogen and oxygen atoms in total. The first-order valence-corrected chi connectivity index (χ1v) is 7.24. The van der Waals surface area contributed by atoms with Gasteiger partial charge in [0.2, 0.25) is 0 Å². The van der Waals surface area contributed by atoms with E-state index in [4.69, 9.17) is 39.9 Å². The zero-order chi connectivity index (χ0) is 15.7. The van der Waals surface area contributed by atoms with Crippen LogP contribution in [0.2, 0.25) is 15.1 Å². The number of amides is 1. The van der Waals surface area contributed by atoms with E-state index < -0.39 is 11.9 Å². The van der Waals surface area contributed by atoms with Gasteiger partial charge in [-0.05, 0) is 18.5 Å². The van der Waals surface area contributed by atoms with Crippen LogP contribution in [0.5, 0.6) is 0 Å². The van der Waals surface area contributed by atoms with Crippen LogP contribution in [0.15, 0.2) is 6.20 Å². The van der Waals surface area contributed by atoms with Gasteiger partial charge >= 0.3 is 5.97 Å². The summed E-state index contributed by atoms with van der Waals surface area (Å²) >= 11 is 18.3. The van der Waals surface area contributed by atoms with Crippen molar-refractivity contribution in [2.45, 2.75) is 6.92 Å². The minimum atomic E-state index is -1.19. The van der Waals surface area contributed by atoms with E-state index in [1.807, 2.05) is 0 Å². The van der Waals surface area contributed by atoms with Crippen molar-refractivity contribution in [3.05, 3.63) is 38.2 Å². The number of carboxylic acid groups (broad SMARTS) is 1. The molecule has 0 fully saturated rings. The third kappa shape index (κ3) is 3.11. The Bertz CT molecular complexity index is 748. The van der Waals surface area contributed by atoms with Gasteiger partial charge in [-0.25, -0.2) is 9.78 Å². The van der Waals surface area contributed by atoms with Crippen molar-refractivity contribution < 1.29 is 14.7 Å². The molecule has 2 N–H and O–H groups in total. The maximum absolute atomic E-state index is 12.1. The minimum absolute atomic E-state index is 0.00238. The molecule has 2 aromatic heterocycles. The molecule has 0 atom stereocenters. The van der Waals surface area contributed by atoms with E-state index in [2.05, 4.69) is 14.7 Å². The fourth-order valence-electron chi connectivity index (χ4n) is 1.47. The predicted molar refractivity (Wildman–Crippen MR) is 81.0 cm³/mol. The SMILES string of the molecule is Cc1nsc(NC(=O)c2ncc(Cl)c(Cl)c2Cl)c1C(=O)O. The number of anilines is 1. The molecule has 2 rings (SSSR count). The average molecular weight is 367 g/mol. The molecule has 0 saturated carbocycles. The summed E-state index contributed by atoms with van der Waals surface area (Å²) in [7, 11) is 0.